The molecule has 0 saturated carbocycles. The second-order valence-corrected chi connectivity index (χ2v) is 3.21. The van der Waals surface area contributed by atoms with E-state index in [4.69, 9.17) is 10.2 Å². The zero-order valence-electron chi connectivity index (χ0n) is 8.14. The number of nitrogens with two attached hydrogens (primary N) is 1. The van der Waals surface area contributed by atoms with E-state index in [9.17, 15) is 13.2 Å². The van der Waals surface area contributed by atoms with Crippen LogP contribution in [0.5, 0.6) is 0 Å². The highest BCUT2D eigenvalue weighted by molar-refractivity contribution is 5.66. The van der Waals surface area contributed by atoms with Crippen LogP contribution in [0.2, 0.25) is 0 Å². The first-order valence-corrected chi connectivity index (χ1v) is 4.55. The molecule has 1 heterocycles. The van der Waals surface area contributed by atoms with Gasteiger partial charge in [0.25, 0.3) is 0 Å². The van der Waals surface area contributed by atoms with E-state index in [1.54, 1.807) is 0 Å². The van der Waals surface area contributed by atoms with E-state index in [1.165, 1.54) is 12.3 Å². The molecule has 0 unspecified atom stereocenters. The molecule has 1 aromatic carbocycles. The first kappa shape index (κ1) is 10.8. The number of halogens is 3. The van der Waals surface area contributed by atoms with Gasteiger partial charge in [-0.1, -0.05) is 0 Å². The van der Waals surface area contributed by atoms with Gasteiger partial charge in [-0.2, -0.15) is 0 Å². The summed E-state index contributed by atoms with van der Waals surface area (Å²) in [6.07, 6.45) is 1.32. The lowest BCUT2D eigenvalue weighted by Gasteiger charge is -2.03. The van der Waals surface area contributed by atoms with Gasteiger partial charge in [0.1, 0.15) is 11.6 Å². The summed E-state index contributed by atoms with van der Waals surface area (Å²) in [6.45, 7) is 0.0563. The van der Waals surface area contributed by atoms with E-state index in [0.29, 0.717) is 17.4 Å². The Hall–Kier alpha value is -1.75. The molecule has 2 aromatic rings. The molecule has 0 spiro atoms. The third-order valence-electron chi connectivity index (χ3n) is 2.23. The maximum Gasteiger partial charge on any atom is 0.161 e. The monoisotopic (exact) mass is 227 g/mol. The highest BCUT2D eigenvalue weighted by atomic mass is 19.2. The molecule has 0 aliphatic rings. The van der Waals surface area contributed by atoms with Crippen molar-refractivity contribution in [2.24, 2.45) is 5.73 Å². The van der Waals surface area contributed by atoms with Crippen molar-refractivity contribution in [1.82, 2.24) is 0 Å². The third-order valence-corrected chi connectivity index (χ3v) is 2.23. The average molecular weight is 227 g/mol. The van der Waals surface area contributed by atoms with Gasteiger partial charge in [0.05, 0.1) is 12.8 Å². The predicted octanol–water partition coefficient (Wildman–Crippen LogP) is 2.82. The normalized spacial score (nSPS) is 10.8. The van der Waals surface area contributed by atoms with E-state index >= 15 is 0 Å². The fourth-order valence-corrected chi connectivity index (χ4v) is 1.47. The molecule has 0 saturated heterocycles. The highest BCUT2D eigenvalue weighted by Gasteiger charge is 2.15. The quantitative estimate of drug-likeness (QED) is 0.801. The van der Waals surface area contributed by atoms with Crippen LogP contribution in [0.1, 0.15) is 5.76 Å². The smallest absolute Gasteiger partial charge is 0.161 e. The van der Waals surface area contributed by atoms with Crippen LogP contribution in [0.4, 0.5) is 13.2 Å². The number of furan rings is 1. The minimum Gasteiger partial charge on any atom is -0.467 e. The fraction of sp³-hybridized carbons (Fsp3) is 0.0909. The largest absolute Gasteiger partial charge is 0.467 e. The predicted molar refractivity (Wildman–Crippen MR) is 51.9 cm³/mol. The fourth-order valence-electron chi connectivity index (χ4n) is 1.47. The summed E-state index contributed by atoms with van der Waals surface area (Å²) >= 11 is 0. The summed E-state index contributed by atoms with van der Waals surface area (Å²) in [5.74, 6) is -2.86. The van der Waals surface area contributed by atoms with Crippen LogP contribution in [-0.2, 0) is 6.54 Å². The number of benzene rings is 1. The Labute approximate surface area is 89.5 Å². The van der Waals surface area contributed by atoms with Crippen LogP contribution in [0.3, 0.4) is 0 Å². The van der Waals surface area contributed by atoms with Gasteiger partial charge in [0.15, 0.2) is 11.6 Å². The Morgan fingerprint density at radius 3 is 2.38 bits per heavy atom. The standard InChI is InChI=1S/C11H8F3NO/c12-8-4-10(14)9(13)3-7(8)6-1-2-16-11(6)5-15/h1-4H,5,15H2. The van der Waals surface area contributed by atoms with Crippen LogP contribution < -0.4 is 5.73 Å². The van der Waals surface area contributed by atoms with Crippen LogP contribution in [0.15, 0.2) is 28.9 Å². The highest BCUT2D eigenvalue weighted by Crippen LogP contribution is 2.28. The topological polar surface area (TPSA) is 39.2 Å². The van der Waals surface area contributed by atoms with Crippen molar-refractivity contribution in [2.45, 2.75) is 6.54 Å². The molecule has 2 nitrogen and oxygen atoms in total. The molecule has 0 aliphatic carbocycles. The maximum absolute atomic E-state index is 13.4. The summed E-state index contributed by atoms with van der Waals surface area (Å²) in [6, 6.07) is 2.74. The SMILES string of the molecule is NCc1occc1-c1cc(F)c(F)cc1F. The van der Waals surface area contributed by atoms with Crippen molar-refractivity contribution in [3.63, 3.8) is 0 Å². The molecule has 0 amide bonds. The molecule has 0 bridgehead atoms. The molecule has 0 atom stereocenters. The maximum atomic E-state index is 13.4. The molecule has 2 rings (SSSR count). The van der Waals surface area contributed by atoms with E-state index in [2.05, 4.69) is 0 Å². The summed E-state index contributed by atoms with van der Waals surface area (Å²) in [7, 11) is 0. The van der Waals surface area contributed by atoms with Crippen LogP contribution >= 0.6 is 0 Å². The Kier molecular flexibility index (Phi) is 2.70. The van der Waals surface area contributed by atoms with Crippen LogP contribution in [0.25, 0.3) is 11.1 Å². The van der Waals surface area contributed by atoms with Gasteiger partial charge >= 0.3 is 0 Å². The molecule has 0 fully saturated rings. The average Bonchev–Trinajstić information content (AvgIpc) is 2.71. The molecular formula is C11H8F3NO. The summed E-state index contributed by atoms with van der Waals surface area (Å²) in [5, 5.41) is 0. The summed E-state index contributed by atoms with van der Waals surface area (Å²) in [5.41, 5.74) is 5.64. The van der Waals surface area contributed by atoms with Gasteiger partial charge in [-0.25, -0.2) is 13.2 Å². The van der Waals surface area contributed by atoms with Gasteiger partial charge in [0.2, 0.25) is 0 Å². The molecular weight excluding hydrogens is 219 g/mol. The molecule has 5 heteroatoms. The van der Waals surface area contributed by atoms with Gasteiger partial charge in [-0.3, -0.25) is 0 Å². The number of rotatable bonds is 2. The third kappa shape index (κ3) is 1.69. The zero-order chi connectivity index (χ0) is 11.7. The summed E-state index contributed by atoms with van der Waals surface area (Å²) in [4.78, 5) is 0. The van der Waals surface area contributed by atoms with Gasteiger partial charge in [0, 0.05) is 17.2 Å². The van der Waals surface area contributed by atoms with E-state index in [0.717, 1.165) is 6.07 Å². The second-order valence-electron chi connectivity index (χ2n) is 3.21. The van der Waals surface area contributed by atoms with E-state index < -0.39 is 17.5 Å². The Bertz CT molecular complexity index is 522. The summed E-state index contributed by atoms with van der Waals surface area (Å²) < 4.78 is 44.1. The van der Waals surface area contributed by atoms with Crippen LogP contribution in [0, 0.1) is 17.5 Å². The first-order chi connectivity index (χ1) is 7.63. The lowest BCUT2D eigenvalue weighted by molar-refractivity contribution is 0.495. The van der Waals surface area contributed by atoms with Crippen molar-refractivity contribution in [3.05, 3.63) is 47.7 Å². The molecule has 1 aromatic heterocycles. The van der Waals surface area contributed by atoms with E-state index in [1.807, 2.05) is 0 Å². The molecule has 16 heavy (non-hydrogen) atoms. The zero-order valence-corrected chi connectivity index (χ0v) is 8.14. The van der Waals surface area contributed by atoms with Gasteiger partial charge < -0.3 is 10.2 Å². The Morgan fingerprint density at radius 2 is 1.69 bits per heavy atom. The van der Waals surface area contributed by atoms with E-state index in [-0.39, 0.29) is 12.1 Å². The minimum atomic E-state index is -1.22. The van der Waals surface area contributed by atoms with Gasteiger partial charge in [-0.05, 0) is 12.1 Å². The second kappa shape index (κ2) is 4.02. The van der Waals surface area contributed by atoms with Crippen LogP contribution in [-0.4, -0.2) is 0 Å². The molecule has 2 N–H and O–H groups in total. The van der Waals surface area contributed by atoms with Crippen molar-refractivity contribution < 1.29 is 17.6 Å². The minimum absolute atomic E-state index is 0.0563. The van der Waals surface area contributed by atoms with Gasteiger partial charge in [-0.15, -0.1) is 0 Å². The lowest BCUT2D eigenvalue weighted by atomic mass is 10.1. The van der Waals surface area contributed by atoms with Crippen molar-refractivity contribution in [1.29, 1.82) is 0 Å². The van der Waals surface area contributed by atoms with Crippen molar-refractivity contribution in [2.75, 3.05) is 0 Å². The van der Waals surface area contributed by atoms with Crippen molar-refractivity contribution >= 4 is 0 Å². The molecule has 0 radical (unpaired) electrons. The number of hydrogen-bond donors (Lipinski definition) is 1. The Balaban J connectivity index is 2.60. The molecule has 84 valence electrons. The Morgan fingerprint density at radius 1 is 1.00 bits per heavy atom. The first-order valence-electron chi connectivity index (χ1n) is 4.55. The number of hydrogen-bond acceptors (Lipinski definition) is 2. The van der Waals surface area contributed by atoms with Crippen molar-refractivity contribution in [3.8, 4) is 11.1 Å². The molecule has 0 aliphatic heterocycles. The lowest BCUT2D eigenvalue weighted by Crippen LogP contribution is -1.98.